The smallest absolute Gasteiger partial charge is 0.306 e. The van der Waals surface area contributed by atoms with Crippen LogP contribution >= 0.6 is 0 Å². The van der Waals surface area contributed by atoms with E-state index in [0.717, 1.165) is 51.4 Å². The molecule has 0 spiro atoms. The molecule has 2 rings (SSSR count). The molecule has 2 aliphatic rings. The molecule has 7 N–H and O–H groups in total. The second-order valence-corrected chi connectivity index (χ2v) is 20.4. The summed E-state index contributed by atoms with van der Waals surface area (Å²) in [6.45, 7) is 2.37. The van der Waals surface area contributed by atoms with Gasteiger partial charge >= 0.3 is 11.9 Å². The molecular weight excluding hydrogens is 997 g/mol. The highest BCUT2D eigenvalue weighted by molar-refractivity contribution is 5.70. The van der Waals surface area contributed by atoms with Crippen molar-refractivity contribution < 1.29 is 73.8 Å². The minimum absolute atomic E-state index is 0.0269. The van der Waals surface area contributed by atoms with Gasteiger partial charge in [0.15, 0.2) is 18.7 Å². The van der Waals surface area contributed by atoms with Crippen LogP contribution in [0.25, 0.3) is 0 Å². The maximum atomic E-state index is 13.0. The van der Waals surface area contributed by atoms with Crippen molar-refractivity contribution in [1.82, 2.24) is 0 Å². The van der Waals surface area contributed by atoms with Crippen molar-refractivity contribution in [2.75, 3.05) is 26.4 Å². The van der Waals surface area contributed by atoms with Crippen LogP contribution in [0.3, 0.4) is 0 Å². The lowest BCUT2D eigenvalue weighted by Gasteiger charge is -2.42. The molecule has 0 aromatic heterocycles. The zero-order valence-electron chi connectivity index (χ0n) is 47.6. The summed E-state index contributed by atoms with van der Waals surface area (Å²) in [7, 11) is 0. The molecule has 0 radical (unpaired) electrons. The van der Waals surface area contributed by atoms with E-state index in [1.807, 2.05) is 12.2 Å². The second kappa shape index (κ2) is 48.2. The summed E-state index contributed by atoms with van der Waals surface area (Å²) in [5.41, 5.74) is 0. The van der Waals surface area contributed by atoms with Gasteiger partial charge < -0.3 is 64.2 Å². The van der Waals surface area contributed by atoms with Gasteiger partial charge in [-0.05, 0) is 83.5 Å². The molecule has 0 aromatic rings. The first-order valence-electron chi connectivity index (χ1n) is 29.8. The van der Waals surface area contributed by atoms with E-state index in [0.29, 0.717) is 25.7 Å². The Bertz CT molecular complexity index is 1720. The van der Waals surface area contributed by atoms with E-state index >= 15 is 0 Å². The number of ether oxygens (including phenoxy) is 6. The Morgan fingerprint density at radius 3 is 1.36 bits per heavy atom. The molecule has 0 bridgehead atoms. The number of aliphatic hydroxyl groups is 7. The Kier molecular flexibility index (Phi) is 43.5. The summed E-state index contributed by atoms with van der Waals surface area (Å²) in [5, 5.41) is 72.3. The van der Waals surface area contributed by atoms with E-state index in [1.165, 1.54) is 89.9 Å². The third-order valence-electron chi connectivity index (χ3n) is 13.5. The largest absolute Gasteiger partial charge is 0.462 e. The van der Waals surface area contributed by atoms with Crippen LogP contribution in [0.4, 0.5) is 0 Å². The van der Waals surface area contributed by atoms with Crippen LogP contribution in [-0.4, -0.2) is 142 Å². The lowest BCUT2D eigenvalue weighted by molar-refractivity contribution is -0.332. The van der Waals surface area contributed by atoms with Crippen molar-refractivity contribution >= 4 is 11.9 Å². The van der Waals surface area contributed by atoms with Gasteiger partial charge in [0.2, 0.25) is 0 Å². The maximum Gasteiger partial charge on any atom is 0.306 e. The van der Waals surface area contributed by atoms with Crippen molar-refractivity contribution in [2.24, 2.45) is 0 Å². The average molecular weight is 1100 g/mol. The summed E-state index contributed by atoms with van der Waals surface area (Å²) in [6, 6.07) is 0. The minimum Gasteiger partial charge on any atom is -0.462 e. The molecule has 11 atom stereocenters. The molecule has 15 nitrogen and oxygen atoms in total. The Hall–Kier alpha value is -3.58. The van der Waals surface area contributed by atoms with Crippen LogP contribution < -0.4 is 0 Å². The number of aliphatic hydroxyl groups excluding tert-OH is 7. The maximum absolute atomic E-state index is 13.0. The van der Waals surface area contributed by atoms with Crippen LogP contribution in [0.1, 0.15) is 194 Å². The van der Waals surface area contributed by atoms with Crippen molar-refractivity contribution in [2.45, 2.75) is 261 Å². The van der Waals surface area contributed by atoms with E-state index in [9.17, 15) is 45.3 Å². The fourth-order valence-corrected chi connectivity index (χ4v) is 8.73. The van der Waals surface area contributed by atoms with E-state index in [2.05, 4.69) is 98.9 Å². The fraction of sp³-hybridized carbons (Fsp3) is 0.714. The minimum atomic E-state index is -1.79. The van der Waals surface area contributed by atoms with E-state index in [-0.39, 0.29) is 19.4 Å². The van der Waals surface area contributed by atoms with Crippen molar-refractivity contribution in [1.29, 1.82) is 0 Å². The van der Waals surface area contributed by atoms with Crippen LogP contribution in [0.2, 0.25) is 0 Å². The fourth-order valence-electron chi connectivity index (χ4n) is 8.73. The average Bonchev–Trinajstić information content (AvgIpc) is 3.43. The van der Waals surface area contributed by atoms with Crippen molar-refractivity contribution in [3.63, 3.8) is 0 Å². The molecule has 0 aliphatic carbocycles. The van der Waals surface area contributed by atoms with E-state index in [4.69, 9.17) is 28.4 Å². The molecule has 0 aromatic carbocycles. The number of esters is 2. The third-order valence-corrected chi connectivity index (χ3v) is 13.5. The lowest BCUT2D eigenvalue weighted by atomic mass is 9.98. The predicted octanol–water partition coefficient (Wildman–Crippen LogP) is 10.5. The van der Waals surface area contributed by atoms with Gasteiger partial charge in [-0.1, -0.05) is 195 Å². The third kappa shape index (κ3) is 34.5. The van der Waals surface area contributed by atoms with Gasteiger partial charge in [-0.2, -0.15) is 0 Å². The summed E-state index contributed by atoms with van der Waals surface area (Å²) in [5.74, 6) is -1.08. The van der Waals surface area contributed by atoms with Gasteiger partial charge in [-0.15, -0.1) is 0 Å². The van der Waals surface area contributed by atoms with Gasteiger partial charge in [0.1, 0.15) is 55.4 Å². The van der Waals surface area contributed by atoms with Gasteiger partial charge in [0.25, 0.3) is 0 Å². The second-order valence-electron chi connectivity index (χ2n) is 20.4. The van der Waals surface area contributed by atoms with Gasteiger partial charge in [0.05, 0.1) is 19.8 Å². The monoisotopic (exact) mass is 1100 g/mol. The molecule has 15 heteroatoms. The highest BCUT2D eigenvalue weighted by atomic mass is 16.7. The van der Waals surface area contributed by atoms with Gasteiger partial charge in [-0.25, -0.2) is 0 Å². The molecule has 4 unspecified atom stereocenters. The zero-order valence-corrected chi connectivity index (χ0v) is 47.6. The Morgan fingerprint density at radius 2 is 0.846 bits per heavy atom. The number of hydrogen-bond acceptors (Lipinski definition) is 15. The molecule has 446 valence electrons. The number of hydrogen-bond donors (Lipinski definition) is 7. The Morgan fingerprint density at radius 1 is 0.423 bits per heavy atom. The summed E-state index contributed by atoms with van der Waals surface area (Å²) >= 11 is 0. The molecule has 2 heterocycles. The number of carbonyl (C=O) groups excluding carboxylic acids is 2. The highest BCUT2D eigenvalue weighted by Crippen LogP contribution is 2.26. The van der Waals surface area contributed by atoms with Crippen LogP contribution in [0, 0.1) is 0 Å². The highest BCUT2D eigenvalue weighted by Gasteiger charge is 2.47. The number of rotatable bonds is 46. The predicted molar refractivity (Wildman–Crippen MR) is 307 cm³/mol. The molecule has 0 saturated carbocycles. The van der Waals surface area contributed by atoms with Crippen molar-refractivity contribution in [3.8, 4) is 0 Å². The quantitative estimate of drug-likeness (QED) is 0.0171. The SMILES string of the molecule is CC/C=C/C/C=C/C/C=C/C/C=C/C/C=C/C/C=C/CCC(=O)O[C@@H](COC(=O)CCC/C=C/CC/C=C/CCCCCCCCCCCCCCCC)CO[C@@H]1O[C@H](CO[C@@H]2O[C@H](CO)[C@H](O)C(O)C2O)[C@H](O)C(O)C1O. The first kappa shape index (κ1) is 70.5. The summed E-state index contributed by atoms with van der Waals surface area (Å²) in [6.07, 6.45) is 46.0. The molecule has 2 aliphatic heterocycles. The van der Waals surface area contributed by atoms with Crippen LogP contribution in [-0.2, 0) is 38.0 Å². The first-order chi connectivity index (χ1) is 38.0. The van der Waals surface area contributed by atoms with E-state index in [1.54, 1.807) is 0 Å². The first-order valence-corrected chi connectivity index (χ1v) is 29.8. The molecule has 2 saturated heterocycles. The van der Waals surface area contributed by atoms with Crippen molar-refractivity contribution in [3.05, 3.63) is 97.2 Å². The van der Waals surface area contributed by atoms with Crippen LogP contribution in [0.5, 0.6) is 0 Å². The van der Waals surface area contributed by atoms with Crippen LogP contribution in [0.15, 0.2) is 97.2 Å². The normalized spacial score (nSPS) is 24.7. The summed E-state index contributed by atoms with van der Waals surface area (Å²) in [4.78, 5) is 25.9. The van der Waals surface area contributed by atoms with Gasteiger partial charge in [-0.3, -0.25) is 9.59 Å². The van der Waals surface area contributed by atoms with E-state index < -0.39 is 99.3 Å². The Balaban J connectivity index is 1.79. The standard InChI is InChI=1S/C63H104O15/c1-3-5-7-9-11-13-15-17-19-21-23-24-25-26-28-29-31-33-35-37-39-41-43-45-54(65)73-48-51(76-55(66)46-44-42-40-38-36-34-32-30-27-22-20-18-16-14-12-10-8-6-4-2)49-74-62-61(72)59(70)57(68)53(78-62)50-75-63-60(71)58(69)56(67)52(47-64)77-63/h6,8,12,14,18,20,27,29-31,34,36-37,39-40,42,51-53,56-64,67-72H,3-5,7,9-11,13,15-17,19,21-26,28,32-33,35,38,41,43-50H2,1-2H3/b8-6+,14-12+,20-18+,30-27+,31-29+,36-34+,39-37+,42-40+/t51-,52+,53+,56-,57-,58?,59?,60?,61?,62+,63+/m0/s1. The number of allylic oxidation sites excluding steroid dienone is 16. The molecule has 2 fully saturated rings. The number of carbonyl (C=O) groups is 2. The molecular formula is C63H104O15. The topological polar surface area (TPSA) is 231 Å². The molecule has 0 amide bonds. The summed E-state index contributed by atoms with van der Waals surface area (Å²) < 4.78 is 33.5. The Labute approximate surface area is 468 Å². The van der Waals surface area contributed by atoms with Gasteiger partial charge in [0, 0.05) is 12.8 Å². The lowest BCUT2D eigenvalue weighted by Crippen LogP contribution is -2.61. The number of unbranched alkanes of at least 4 members (excludes halogenated alkanes) is 16. The zero-order chi connectivity index (χ0) is 56.7. The molecule has 78 heavy (non-hydrogen) atoms.